The number of nitrogens with two attached hydrogens (primary N) is 2. The van der Waals surface area contributed by atoms with Gasteiger partial charge in [-0.2, -0.15) is 0 Å². The zero-order chi connectivity index (χ0) is 7.15. The van der Waals surface area contributed by atoms with E-state index in [1.54, 1.807) is 0 Å². The largest absolute Gasteiger partial charge is 0.361 e. The lowest BCUT2D eigenvalue weighted by molar-refractivity contribution is 0.266. The molecule has 0 radical (unpaired) electrons. The maximum absolute atomic E-state index is 9.09. The van der Waals surface area contributed by atoms with Crippen LogP contribution < -0.4 is 11.5 Å². The smallest absolute Gasteiger partial charge is 0.273 e. The first-order valence-corrected chi connectivity index (χ1v) is 2.33. The molecule has 10 heavy (non-hydrogen) atoms. The average Bonchev–Trinajstić information content (AvgIpc) is 1.25. The van der Waals surface area contributed by atoms with Crippen LogP contribution in [0.4, 0.5) is 9.59 Å². The molecule has 0 aromatic rings. The molecule has 64 valence electrons. The Hall–Kier alpha value is -0.360. The molecule has 0 bridgehead atoms. The minimum absolute atomic E-state index is 0. The van der Waals surface area contributed by atoms with E-state index in [-0.39, 0.29) is 14.9 Å². The zero-order valence-corrected chi connectivity index (χ0v) is 5.65. The topological polar surface area (TPSA) is 86.2 Å². The minimum atomic E-state index is -0.639. The van der Waals surface area contributed by atoms with E-state index in [4.69, 9.17) is 9.59 Å². The fraction of sp³-hybridized carbons (Fsp3) is 0.500. The van der Waals surface area contributed by atoms with Crippen LogP contribution in [0, 0.1) is 0 Å². The van der Waals surface area contributed by atoms with Gasteiger partial charge in [-0.1, -0.05) is 40.1 Å². The van der Waals surface area contributed by atoms with E-state index < -0.39 is 10.5 Å². The van der Waals surface area contributed by atoms with Crippen molar-refractivity contribution in [2.45, 2.75) is 14.9 Å². The van der Waals surface area contributed by atoms with Crippen molar-refractivity contribution in [2.24, 2.45) is 11.5 Å². The lowest BCUT2D eigenvalue weighted by atomic mass is 11.5. The van der Waals surface area contributed by atoms with Crippen molar-refractivity contribution in [3.8, 4) is 0 Å². The van der Waals surface area contributed by atoms with Gasteiger partial charge in [-0.05, 0) is 0 Å². The van der Waals surface area contributed by atoms with Crippen LogP contribution in [0.5, 0.6) is 0 Å². The number of rotatable bonds is 0. The van der Waals surface area contributed by atoms with Gasteiger partial charge in [0.1, 0.15) is 0 Å². The highest BCUT2D eigenvalue weighted by atomic mass is 32.1. The summed E-state index contributed by atoms with van der Waals surface area (Å²) in [7, 11) is 0. The number of hydrogen-bond donors (Lipinski definition) is 4. The molecule has 0 aliphatic carbocycles. The van der Waals surface area contributed by atoms with Crippen molar-refractivity contribution in [1.29, 1.82) is 0 Å². The van der Waals surface area contributed by atoms with Crippen LogP contribution in [0.3, 0.4) is 0 Å². The van der Waals surface area contributed by atoms with Crippen LogP contribution in [0.1, 0.15) is 14.9 Å². The Labute approximate surface area is 72.2 Å². The average molecular weight is 186 g/mol. The third kappa shape index (κ3) is 2600. The van der Waals surface area contributed by atoms with Crippen LogP contribution in [0.15, 0.2) is 0 Å². The van der Waals surface area contributed by atoms with Gasteiger partial charge >= 0.3 is 0 Å². The summed E-state index contributed by atoms with van der Waals surface area (Å²) in [6.45, 7) is 0. The van der Waals surface area contributed by atoms with Gasteiger partial charge < -0.3 is 11.5 Å². The maximum atomic E-state index is 9.09. The van der Waals surface area contributed by atoms with Crippen molar-refractivity contribution >= 4 is 35.7 Å². The van der Waals surface area contributed by atoms with Crippen LogP contribution in [-0.4, -0.2) is 10.5 Å². The minimum Gasteiger partial charge on any atom is -0.361 e. The summed E-state index contributed by atoms with van der Waals surface area (Å²) < 4.78 is 0. The van der Waals surface area contributed by atoms with Crippen LogP contribution in [-0.2, 0) is 0 Å². The Balaban J connectivity index is -0.0000000300. The van der Waals surface area contributed by atoms with Gasteiger partial charge in [-0.3, -0.25) is 9.59 Å². The number of amides is 2. The number of hydrogen-bond acceptors (Lipinski definition) is 2. The van der Waals surface area contributed by atoms with Crippen molar-refractivity contribution in [3.05, 3.63) is 0 Å². The molecule has 0 aliphatic heterocycles. The number of carbonyl (C=O) groups is 2. The van der Waals surface area contributed by atoms with Gasteiger partial charge in [-0.15, -0.1) is 0 Å². The first kappa shape index (κ1) is 22.6. The molecule has 4 N–H and O–H groups in total. The molecule has 6 heteroatoms. The van der Waals surface area contributed by atoms with E-state index in [1.807, 2.05) is 0 Å². The second kappa shape index (κ2) is 15.9. The Morgan fingerprint density at radius 3 is 0.900 bits per heavy atom. The van der Waals surface area contributed by atoms with E-state index >= 15 is 0 Å². The molecule has 0 rings (SSSR count). The Kier molecular flexibility index (Phi) is 35.9. The highest BCUT2D eigenvalue weighted by molar-refractivity contribution is 7.96. The normalized spacial score (nSPS) is 5.00. The van der Waals surface area contributed by atoms with Crippen LogP contribution in [0.2, 0.25) is 0 Å². The van der Waals surface area contributed by atoms with E-state index in [2.05, 4.69) is 36.7 Å². The third-order valence-electron chi connectivity index (χ3n) is 0. The highest BCUT2D eigenvalue weighted by Crippen LogP contribution is 1.61. The summed E-state index contributed by atoms with van der Waals surface area (Å²) in [5.41, 5.74) is 8.67. The predicted octanol–water partition coefficient (Wildman–Crippen LogP) is 1.26. The second-order valence-electron chi connectivity index (χ2n) is 0.676. The number of thiol groups is 2. The van der Waals surface area contributed by atoms with E-state index in [9.17, 15) is 0 Å². The standard InChI is InChI=1S/2CH3NOS.2CH4/c2*2-1(3)4;;/h2*(H3,2,3,4);2*1H4. The van der Waals surface area contributed by atoms with Crippen molar-refractivity contribution < 1.29 is 9.59 Å². The summed E-state index contributed by atoms with van der Waals surface area (Å²) in [4.78, 5) is 18.2. The fourth-order valence-electron chi connectivity index (χ4n) is 0. The summed E-state index contributed by atoms with van der Waals surface area (Å²) in [6, 6.07) is 0. The van der Waals surface area contributed by atoms with Crippen LogP contribution in [0.25, 0.3) is 0 Å². The Bertz CT molecular complexity index is 77.3. The van der Waals surface area contributed by atoms with E-state index in [1.165, 1.54) is 0 Å². The Morgan fingerprint density at radius 2 is 0.900 bits per heavy atom. The lowest BCUT2D eigenvalue weighted by Crippen LogP contribution is -1.95. The summed E-state index contributed by atoms with van der Waals surface area (Å²) in [5.74, 6) is 0. The van der Waals surface area contributed by atoms with Crippen LogP contribution >= 0.6 is 25.3 Å². The predicted molar refractivity (Wildman–Crippen MR) is 50.6 cm³/mol. The summed E-state index contributed by atoms with van der Waals surface area (Å²) >= 11 is 6.21. The zero-order valence-electron chi connectivity index (χ0n) is 3.87. The van der Waals surface area contributed by atoms with Gasteiger partial charge in [0.05, 0.1) is 0 Å². The van der Waals surface area contributed by atoms with Gasteiger partial charge in [-0.25, -0.2) is 0 Å². The second-order valence-corrected chi connectivity index (χ2v) is 1.56. The summed E-state index contributed by atoms with van der Waals surface area (Å²) in [5, 5.41) is -1.28. The SMILES string of the molecule is C.C.NC(=O)S.NC(=O)S. The van der Waals surface area contributed by atoms with Gasteiger partial charge in [0.25, 0.3) is 10.5 Å². The monoisotopic (exact) mass is 186 g/mol. The third-order valence-corrected chi connectivity index (χ3v) is 0. The van der Waals surface area contributed by atoms with E-state index in [0.717, 1.165) is 0 Å². The van der Waals surface area contributed by atoms with E-state index in [0.29, 0.717) is 0 Å². The number of primary amides is 2. The van der Waals surface area contributed by atoms with Crippen molar-refractivity contribution in [3.63, 3.8) is 0 Å². The van der Waals surface area contributed by atoms with Gasteiger partial charge in [0, 0.05) is 0 Å². The lowest BCUT2D eigenvalue weighted by Gasteiger charge is -1.59. The maximum Gasteiger partial charge on any atom is 0.273 e. The molecule has 0 fully saturated rings. The molecule has 0 unspecified atom stereocenters. The molecule has 0 aliphatic rings. The first-order valence-electron chi connectivity index (χ1n) is 1.43. The molecule has 2 amide bonds. The highest BCUT2D eigenvalue weighted by Gasteiger charge is 1.63. The molecular formula is C4H14N2O2S2. The quantitative estimate of drug-likeness (QED) is 0.429. The fourth-order valence-corrected chi connectivity index (χ4v) is 0. The molecule has 0 heterocycles. The molecule has 0 saturated heterocycles. The molecule has 0 aromatic carbocycles. The van der Waals surface area contributed by atoms with Crippen molar-refractivity contribution in [1.82, 2.24) is 0 Å². The molecule has 0 aromatic heterocycles. The van der Waals surface area contributed by atoms with Crippen molar-refractivity contribution in [2.75, 3.05) is 0 Å². The Morgan fingerprint density at radius 1 is 0.900 bits per heavy atom. The van der Waals surface area contributed by atoms with Gasteiger partial charge in [0.15, 0.2) is 0 Å². The molecule has 0 saturated carbocycles. The number of carbonyl (C=O) groups excluding carboxylic acids is 2. The molecule has 0 atom stereocenters. The molecule has 4 nitrogen and oxygen atoms in total. The van der Waals surface area contributed by atoms with Gasteiger partial charge in [0.2, 0.25) is 0 Å². The first-order chi connectivity index (χ1) is 3.46. The molecule has 0 spiro atoms. The molecular weight excluding hydrogens is 172 g/mol. The summed E-state index contributed by atoms with van der Waals surface area (Å²) in [6.07, 6.45) is 0.